The molecule has 11 nitrogen and oxygen atoms in total. The molecule has 1 saturated heterocycles. The largest absolute Gasteiger partial charge is 0.486 e. The molecule has 1 aliphatic rings. The van der Waals surface area contributed by atoms with Crippen LogP contribution in [0.4, 0.5) is 0 Å². The number of benzene rings is 2. The summed E-state index contributed by atoms with van der Waals surface area (Å²) in [7, 11) is 3.12. The molecule has 36 heavy (non-hydrogen) atoms. The Morgan fingerprint density at radius 3 is 2.69 bits per heavy atom. The van der Waals surface area contributed by atoms with E-state index in [1.54, 1.807) is 18.7 Å². The van der Waals surface area contributed by atoms with Gasteiger partial charge in [-0.2, -0.15) is 0 Å². The third-order valence-corrected chi connectivity index (χ3v) is 6.87. The van der Waals surface area contributed by atoms with E-state index in [4.69, 9.17) is 37.4 Å². The number of aliphatic hydroxyl groups is 3. The summed E-state index contributed by atoms with van der Waals surface area (Å²) >= 11 is 12.9. The van der Waals surface area contributed by atoms with Gasteiger partial charge in [-0.1, -0.05) is 34.5 Å². The van der Waals surface area contributed by atoms with Crippen LogP contribution in [-0.2, 0) is 23.1 Å². The lowest BCUT2D eigenvalue weighted by Crippen LogP contribution is -2.64. The smallest absolute Gasteiger partial charge is 0.252 e. The lowest BCUT2D eigenvalue weighted by atomic mass is 9.96. The number of halogens is 2. The van der Waals surface area contributed by atoms with E-state index in [0.717, 1.165) is 16.6 Å². The fraction of sp³-hybridized carbons (Fsp3) is 0.435. The molecule has 194 valence electrons. The minimum Gasteiger partial charge on any atom is -0.486 e. The molecule has 0 saturated carbocycles. The van der Waals surface area contributed by atoms with Gasteiger partial charge in [-0.25, -0.2) is 4.68 Å². The Morgan fingerprint density at radius 2 is 2.00 bits per heavy atom. The maximum absolute atomic E-state index is 13.1. The number of carbonyl (C=O) groups excluding carboxylic acids is 1. The van der Waals surface area contributed by atoms with Gasteiger partial charge < -0.3 is 34.8 Å². The average molecular weight is 541 g/mol. The van der Waals surface area contributed by atoms with Crippen LogP contribution in [0.2, 0.25) is 10.0 Å². The highest BCUT2D eigenvalue weighted by Crippen LogP contribution is 2.38. The number of amides is 1. The van der Waals surface area contributed by atoms with Crippen LogP contribution in [0.25, 0.3) is 11.0 Å². The van der Waals surface area contributed by atoms with Crippen LogP contribution in [0.1, 0.15) is 21.5 Å². The van der Waals surface area contributed by atoms with Crippen LogP contribution >= 0.6 is 23.2 Å². The lowest BCUT2D eigenvalue weighted by molar-refractivity contribution is -0.261. The number of nitrogens with one attached hydrogen (secondary N) is 1. The molecular formula is C23H26Cl2N4O7. The Morgan fingerprint density at radius 1 is 1.25 bits per heavy atom. The Labute approximate surface area is 216 Å². The number of carbonyl (C=O) groups is 1. The van der Waals surface area contributed by atoms with Crippen LogP contribution in [0, 0.1) is 6.92 Å². The molecule has 0 aliphatic carbocycles. The average Bonchev–Trinajstić information content (AvgIpc) is 3.24. The standard InChI is InChI=1S/C23H26Cl2N4O7/c1-10-12(22(33)26-18-20(32)19(31)16(8-30)36-23(18)34-3)7-13(24)21(17(10)25)35-9-11-4-5-15-14(6-11)27-28-29(15)2/h4-7,16,18-20,23,30-32H,8-9H2,1-3H3,(H,26,33)/t16-,18-,19-,20-,23+/m1/s1. The van der Waals surface area contributed by atoms with Gasteiger partial charge in [0.1, 0.15) is 36.5 Å². The molecule has 4 rings (SSSR count). The van der Waals surface area contributed by atoms with Crippen molar-refractivity contribution in [3.8, 4) is 5.75 Å². The van der Waals surface area contributed by atoms with Gasteiger partial charge in [-0.15, -0.1) is 5.10 Å². The fourth-order valence-corrected chi connectivity index (χ4v) is 4.62. The van der Waals surface area contributed by atoms with Crippen molar-refractivity contribution in [2.45, 2.75) is 44.2 Å². The van der Waals surface area contributed by atoms with Crippen LogP contribution in [-0.4, -0.2) is 80.6 Å². The molecule has 0 unspecified atom stereocenters. The van der Waals surface area contributed by atoms with Crippen LogP contribution in [0.3, 0.4) is 0 Å². The summed E-state index contributed by atoms with van der Waals surface area (Å²) < 4.78 is 18.2. The first-order valence-corrected chi connectivity index (χ1v) is 11.8. The summed E-state index contributed by atoms with van der Waals surface area (Å²) in [5, 5.41) is 40.9. The maximum Gasteiger partial charge on any atom is 0.252 e. The number of hydrogen-bond acceptors (Lipinski definition) is 9. The highest BCUT2D eigenvalue weighted by atomic mass is 35.5. The summed E-state index contributed by atoms with van der Waals surface area (Å²) in [6.07, 6.45) is -5.05. The molecular weight excluding hydrogens is 515 g/mol. The van der Waals surface area contributed by atoms with Crippen molar-refractivity contribution in [3.63, 3.8) is 0 Å². The summed E-state index contributed by atoms with van der Waals surface area (Å²) in [5.41, 5.74) is 2.96. The van der Waals surface area contributed by atoms with Crippen LogP contribution < -0.4 is 10.1 Å². The first kappa shape index (κ1) is 26.6. The zero-order chi connectivity index (χ0) is 26.1. The first-order valence-electron chi connectivity index (χ1n) is 11.0. The quantitative estimate of drug-likeness (QED) is 0.348. The van der Waals surface area contributed by atoms with Gasteiger partial charge in [0.2, 0.25) is 0 Å². The molecule has 1 amide bonds. The molecule has 4 N–H and O–H groups in total. The van der Waals surface area contributed by atoms with Gasteiger partial charge in [-0.05, 0) is 36.2 Å². The first-order chi connectivity index (χ1) is 17.2. The van der Waals surface area contributed by atoms with Crippen molar-refractivity contribution < 1.29 is 34.3 Å². The number of fused-ring (bicyclic) bond motifs is 1. The van der Waals surface area contributed by atoms with E-state index in [9.17, 15) is 20.1 Å². The van der Waals surface area contributed by atoms with Crippen LogP contribution in [0.5, 0.6) is 5.75 Å². The number of aliphatic hydroxyl groups excluding tert-OH is 3. The Bertz CT molecular complexity index is 1270. The second-order valence-electron chi connectivity index (χ2n) is 8.44. The van der Waals surface area contributed by atoms with E-state index in [2.05, 4.69) is 15.6 Å². The van der Waals surface area contributed by atoms with Gasteiger partial charge >= 0.3 is 0 Å². The summed E-state index contributed by atoms with van der Waals surface area (Å²) in [6, 6.07) is 5.89. The Kier molecular flexibility index (Phi) is 8.00. The minimum atomic E-state index is -1.45. The number of aromatic nitrogens is 3. The van der Waals surface area contributed by atoms with Crippen molar-refractivity contribution in [2.24, 2.45) is 7.05 Å². The lowest BCUT2D eigenvalue weighted by Gasteiger charge is -2.41. The van der Waals surface area contributed by atoms with Crippen molar-refractivity contribution in [2.75, 3.05) is 13.7 Å². The monoisotopic (exact) mass is 540 g/mol. The highest BCUT2D eigenvalue weighted by molar-refractivity contribution is 6.38. The molecule has 0 bridgehead atoms. The normalized spacial score (nSPS) is 24.2. The SMILES string of the molecule is CO[C@H]1O[C@H](CO)[C@@H](O)[C@H](O)[C@H]1NC(=O)c1cc(Cl)c(OCc2ccc3c(c2)nnn3C)c(Cl)c1C. The second-order valence-corrected chi connectivity index (χ2v) is 9.23. The summed E-state index contributed by atoms with van der Waals surface area (Å²) in [6.45, 7) is 1.25. The van der Waals surface area contributed by atoms with Crippen molar-refractivity contribution in [1.29, 1.82) is 0 Å². The number of rotatable bonds is 7. The summed E-state index contributed by atoms with van der Waals surface area (Å²) in [4.78, 5) is 13.1. The molecule has 1 aromatic heterocycles. The number of aryl methyl sites for hydroxylation is 1. The molecule has 1 aliphatic heterocycles. The van der Waals surface area contributed by atoms with E-state index in [0.29, 0.717) is 5.56 Å². The third kappa shape index (κ3) is 5.00. The van der Waals surface area contributed by atoms with Gasteiger partial charge in [0.05, 0.1) is 22.2 Å². The van der Waals surface area contributed by atoms with E-state index < -0.39 is 43.2 Å². The zero-order valence-corrected chi connectivity index (χ0v) is 21.2. The third-order valence-electron chi connectivity index (χ3n) is 6.13. The van der Waals surface area contributed by atoms with Gasteiger partial charge in [-0.3, -0.25) is 4.79 Å². The number of nitrogens with zero attached hydrogens (tertiary/aromatic N) is 3. The van der Waals surface area contributed by atoms with E-state index >= 15 is 0 Å². The fourth-order valence-electron chi connectivity index (χ4n) is 4.06. The van der Waals surface area contributed by atoms with Crippen molar-refractivity contribution in [3.05, 3.63) is 51.0 Å². The van der Waals surface area contributed by atoms with E-state index in [1.165, 1.54) is 13.2 Å². The molecule has 0 radical (unpaired) electrons. The minimum absolute atomic E-state index is 0.112. The van der Waals surface area contributed by atoms with E-state index in [-0.39, 0.29) is 28.0 Å². The van der Waals surface area contributed by atoms with E-state index in [1.807, 2.05) is 18.2 Å². The Balaban J connectivity index is 1.51. The topological polar surface area (TPSA) is 148 Å². The predicted octanol–water partition coefficient (Wildman–Crippen LogP) is 1.35. The number of hydrogen-bond donors (Lipinski definition) is 4. The second kappa shape index (κ2) is 10.9. The summed E-state index contributed by atoms with van der Waals surface area (Å²) in [5.74, 6) is -0.413. The molecule has 5 atom stereocenters. The van der Waals surface area contributed by atoms with Crippen molar-refractivity contribution in [1.82, 2.24) is 20.3 Å². The number of ether oxygens (including phenoxy) is 3. The molecule has 2 heterocycles. The molecule has 2 aromatic carbocycles. The van der Waals surface area contributed by atoms with Gasteiger partial charge in [0.15, 0.2) is 12.0 Å². The van der Waals surface area contributed by atoms with Crippen LogP contribution in [0.15, 0.2) is 24.3 Å². The Hall–Kier alpha value is -2.51. The zero-order valence-electron chi connectivity index (χ0n) is 19.7. The molecule has 1 fully saturated rings. The van der Waals surface area contributed by atoms with Gasteiger partial charge in [0.25, 0.3) is 5.91 Å². The van der Waals surface area contributed by atoms with Crippen molar-refractivity contribution >= 4 is 40.1 Å². The molecule has 0 spiro atoms. The van der Waals surface area contributed by atoms with Gasteiger partial charge in [0, 0.05) is 19.7 Å². The molecule has 13 heteroatoms. The highest BCUT2D eigenvalue weighted by Gasteiger charge is 2.45. The predicted molar refractivity (Wildman–Crippen MR) is 130 cm³/mol. The number of methoxy groups -OCH3 is 1. The molecule has 3 aromatic rings. The maximum atomic E-state index is 13.1.